The quantitative estimate of drug-likeness (QED) is 0.860. The maximum absolute atomic E-state index is 13.6. The van der Waals surface area contributed by atoms with Crippen molar-refractivity contribution in [2.75, 3.05) is 0 Å². The fourth-order valence-corrected chi connectivity index (χ4v) is 1.61. The van der Waals surface area contributed by atoms with E-state index in [1.165, 1.54) is 0 Å². The Balaban J connectivity index is 2.47. The van der Waals surface area contributed by atoms with Crippen LogP contribution in [0.2, 0.25) is 0 Å². The van der Waals surface area contributed by atoms with E-state index in [0.717, 1.165) is 22.8 Å². The number of nitrogens with zero attached hydrogens (tertiary/aromatic N) is 1. The minimum Gasteiger partial charge on any atom is -0.478 e. The third-order valence-electron chi connectivity index (χ3n) is 2.60. The molecule has 0 saturated heterocycles. The lowest BCUT2D eigenvalue weighted by Gasteiger charge is -2.07. The summed E-state index contributed by atoms with van der Waals surface area (Å²) in [7, 11) is 0. The van der Waals surface area contributed by atoms with Gasteiger partial charge in [0, 0.05) is 5.56 Å². The SMILES string of the molecule is O=C(O)c1ccc(F)c(Cn2cc(F)c(=O)[nH]c2=O)c1. The summed E-state index contributed by atoms with van der Waals surface area (Å²) in [4.78, 5) is 34.8. The predicted molar refractivity (Wildman–Crippen MR) is 63.7 cm³/mol. The van der Waals surface area contributed by atoms with Crippen LogP contribution in [0.1, 0.15) is 15.9 Å². The average molecular weight is 282 g/mol. The topological polar surface area (TPSA) is 92.2 Å². The second kappa shape index (κ2) is 5.08. The molecule has 0 aliphatic rings. The number of hydrogen-bond acceptors (Lipinski definition) is 3. The monoisotopic (exact) mass is 282 g/mol. The summed E-state index contributed by atoms with van der Waals surface area (Å²) in [6.45, 7) is -0.403. The molecule has 2 aromatic rings. The van der Waals surface area contributed by atoms with Gasteiger partial charge in [-0.25, -0.2) is 14.0 Å². The molecule has 1 aromatic carbocycles. The number of nitrogens with one attached hydrogen (secondary N) is 1. The van der Waals surface area contributed by atoms with Crippen LogP contribution >= 0.6 is 0 Å². The van der Waals surface area contributed by atoms with E-state index < -0.39 is 35.4 Å². The van der Waals surface area contributed by atoms with E-state index in [-0.39, 0.29) is 11.1 Å². The third-order valence-corrected chi connectivity index (χ3v) is 2.60. The maximum atomic E-state index is 13.6. The van der Waals surface area contributed by atoms with Gasteiger partial charge < -0.3 is 5.11 Å². The molecule has 0 spiro atoms. The number of carboxylic acids is 1. The second-order valence-corrected chi connectivity index (χ2v) is 3.98. The highest BCUT2D eigenvalue weighted by Crippen LogP contribution is 2.11. The minimum absolute atomic E-state index is 0.113. The number of aromatic nitrogens is 2. The van der Waals surface area contributed by atoms with E-state index in [1.54, 1.807) is 4.98 Å². The Morgan fingerprint density at radius 1 is 1.25 bits per heavy atom. The summed E-state index contributed by atoms with van der Waals surface area (Å²) in [6.07, 6.45) is 0.633. The summed E-state index contributed by atoms with van der Waals surface area (Å²) in [6, 6.07) is 3.04. The predicted octanol–water partition coefficient (Wildman–Crippen LogP) is 0.561. The molecule has 104 valence electrons. The second-order valence-electron chi connectivity index (χ2n) is 3.98. The van der Waals surface area contributed by atoms with Crippen LogP contribution in [-0.2, 0) is 6.54 Å². The summed E-state index contributed by atoms with van der Waals surface area (Å²) in [5, 5.41) is 8.80. The Kier molecular flexibility index (Phi) is 3.47. The fraction of sp³-hybridized carbons (Fsp3) is 0.0833. The largest absolute Gasteiger partial charge is 0.478 e. The van der Waals surface area contributed by atoms with Crippen LogP contribution in [0, 0.1) is 11.6 Å². The van der Waals surface area contributed by atoms with Crippen molar-refractivity contribution in [3.05, 3.63) is 68.0 Å². The van der Waals surface area contributed by atoms with Crippen LogP contribution < -0.4 is 11.2 Å². The molecule has 0 aliphatic carbocycles. The lowest BCUT2D eigenvalue weighted by Crippen LogP contribution is -2.31. The zero-order valence-electron chi connectivity index (χ0n) is 9.89. The number of rotatable bonds is 3. The number of carbonyl (C=O) groups is 1. The summed E-state index contributed by atoms with van der Waals surface area (Å²) in [5.41, 5.74) is -2.37. The van der Waals surface area contributed by atoms with Gasteiger partial charge >= 0.3 is 11.7 Å². The number of hydrogen-bond donors (Lipinski definition) is 2. The molecule has 0 atom stereocenters. The van der Waals surface area contributed by atoms with Gasteiger partial charge in [-0.3, -0.25) is 14.3 Å². The highest BCUT2D eigenvalue weighted by Gasteiger charge is 2.11. The fourth-order valence-electron chi connectivity index (χ4n) is 1.61. The third kappa shape index (κ3) is 2.63. The van der Waals surface area contributed by atoms with Crippen molar-refractivity contribution in [3.8, 4) is 0 Å². The van der Waals surface area contributed by atoms with Gasteiger partial charge in [-0.15, -0.1) is 0 Å². The molecule has 2 rings (SSSR count). The van der Waals surface area contributed by atoms with E-state index in [1.807, 2.05) is 0 Å². The molecular weight excluding hydrogens is 274 g/mol. The Bertz CT molecular complexity index is 795. The summed E-state index contributed by atoms with van der Waals surface area (Å²) >= 11 is 0. The Labute approximate surface area is 109 Å². The molecule has 0 bridgehead atoms. The van der Waals surface area contributed by atoms with Crippen LogP contribution in [0.4, 0.5) is 8.78 Å². The van der Waals surface area contributed by atoms with Gasteiger partial charge in [0.05, 0.1) is 18.3 Å². The number of halogens is 2. The standard InChI is InChI=1S/C12H8F2N2O4/c13-8-2-1-6(11(18)19)3-7(8)4-16-5-9(14)10(17)15-12(16)20/h1-3,5H,4H2,(H,18,19)(H,15,17,20). The molecule has 0 amide bonds. The van der Waals surface area contributed by atoms with Crippen molar-refractivity contribution in [2.24, 2.45) is 0 Å². The van der Waals surface area contributed by atoms with Crippen molar-refractivity contribution in [1.29, 1.82) is 0 Å². The van der Waals surface area contributed by atoms with E-state index in [9.17, 15) is 23.2 Å². The Hall–Kier alpha value is -2.77. The molecule has 6 nitrogen and oxygen atoms in total. The van der Waals surface area contributed by atoms with E-state index in [4.69, 9.17) is 5.11 Å². The number of benzene rings is 1. The van der Waals surface area contributed by atoms with Gasteiger partial charge in [-0.05, 0) is 18.2 Å². The van der Waals surface area contributed by atoms with Crippen molar-refractivity contribution in [1.82, 2.24) is 9.55 Å². The highest BCUT2D eigenvalue weighted by atomic mass is 19.1. The molecule has 20 heavy (non-hydrogen) atoms. The lowest BCUT2D eigenvalue weighted by molar-refractivity contribution is 0.0696. The first-order valence-corrected chi connectivity index (χ1v) is 5.39. The number of aromatic amines is 1. The average Bonchev–Trinajstić information content (AvgIpc) is 2.38. The first-order valence-electron chi connectivity index (χ1n) is 5.39. The van der Waals surface area contributed by atoms with Gasteiger partial charge in [0.25, 0.3) is 5.56 Å². The Morgan fingerprint density at radius 2 is 1.95 bits per heavy atom. The molecule has 8 heteroatoms. The molecule has 2 N–H and O–H groups in total. The number of H-pyrrole nitrogens is 1. The lowest BCUT2D eigenvalue weighted by atomic mass is 10.1. The molecule has 1 heterocycles. The van der Waals surface area contributed by atoms with E-state index in [0.29, 0.717) is 6.20 Å². The van der Waals surface area contributed by atoms with E-state index >= 15 is 0 Å². The highest BCUT2D eigenvalue weighted by molar-refractivity contribution is 5.87. The number of aromatic carboxylic acids is 1. The van der Waals surface area contributed by atoms with Crippen LogP contribution in [0.25, 0.3) is 0 Å². The maximum Gasteiger partial charge on any atom is 0.335 e. The van der Waals surface area contributed by atoms with Crippen LogP contribution in [-0.4, -0.2) is 20.6 Å². The molecule has 0 fully saturated rings. The summed E-state index contributed by atoms with van der Waals surface area (Å²) in [5.74, 6) is -3.20. The van der Waals surface area contributed by atoms with Gasteiger partial charge in [0.1, 0.15) is 5.82 Å². The molecular formula is C12H8F2N2O4. The van der Waals surface area contributed by atoms with Crippen molar-refractivity contribution in [2.45, 2.75) is 6.54 Å². The zero-order chi connectivity index (χ0) is 14.9. The van der Waals surface area contributed by atoms with E-state index in [2.05, 4.69) is 0 Å². The minimum atomic E-state index is -1.26. The molecule has 0 saturated carbocycles. The molecule has 0 unspecified atom stereocenters. The number of carboxylic acid groups (broad SMARTS) is 1. The van der Waals surface area contributed by atoms with Crippen LogP contribution in [0.15, 0.2) is 34.0 Å². The Morgan fingerprint density at radius 3 is 2.60 bits per heavy atom. The molecule has 0 radical (unpaired) electrons. The summed E-state index contributed by atoms with van der Waals surface area (Å²) < 4.78 is 27.4. The van der Waals surface area contributed by atoms with Gasteiger partial charge in [-0.1, -0.05) is 0 Å². The van der Waals surface area contributed by atoms with Crippen LogP contribution in [0.5, 0.6) is 0 Å². The van der Waals surface area contributed by atoms with Gasteiger partial charge in [0.15, 0.2) is 0 Å². The van der Waals surface area contributed by atoms with Crippen molar-refractivity contribution >= 4 is 5.97 Å². The first kappa shape index (κ1) is 13.7. The van der Waals surface area contributed by atoms with Crippen LogP contribution in [0.3, 0.4) is 0 Å². The smallest absolute Gasteiger partial charge is 0.335 e. The van der Waals surface area contributed by atoms with Crippen molar-refractivity contribution < 1.29 is 18.7 Å². The van der Waals surface area contributed by atoms with Gasteiger partial charge in [0.2, 0.25) is 5.82 Å². The van der Waals surface area contributed by atoms with Gasteiger partial charge in [-0.2, -0.15) is 4.39 Å². The van der Waals surface area contributed by atoms with Crippen molar-refractivity contribution in [3.63, 3.8) is 0 Å². The molecule has 1 aromatic heterocycles. The molecule has 0 aliphatic heterocycles. The normalized spacial score (nSPS) is 10.5. The first-order chi connectivity index (χ1) is 9.38. The zero-order valence-corrected chi connectivity index (χ0v) is 9.89.